The lowest BCUT2D eigenvalue weighted by Crippen LogP contribution is -2.13. The van der Waals surface area contributed by atoms with E-state index in [0.29, 0.717) is 18.9 Å². The van der Waals surface area contributed by atoms with E-state index in [1.165, 1.54) is 0 Å². The molecule has 4 nitrogen and oxygen atoms in total. The Kier molecular flexibility index (Phi) is 1.60. The SMILES string of the molecule is Cc1ncc(C2CNC(=O)C2)o1. The highest BCUT2D eigenvalue weighted by atomic mass is 16.4. The lowest BCUT2D eigenvalue weighted by Gasteiger charge is -1.99. The van der Waals surface area contributed by atoms with E-state index in [0.717, 1.165) is 5.76 Å². The zero-order valence-electron chi connectivity index (χ0n) is 6.83. The normalized spacial score (nSPS) is 22.8. The summed E-state index contributed by atoms with van der Waals surface area (Å²) in [4.78, 5) is 14.8. The first-order chi connectivity index (χ1) is 5.75. The van der Waals surface area contributed by atoms with Crippen LogP contribution < -0.4 is 5.32 Å². The summed E-state index contributed by atoms with van der Waals surface area (Å²) in [5.41, 5.74) is 0. The molecule has 0 radical (unpaired) electrons. The van der Waals surface area contributed by atoms with Crippen LogP contribution in [0.4, 0.5) is 0 Å². The van der Waals surface area contributed by atoms with E-state index in [-0.39, 0.29) is 11.8 Å². The molecule has 0 aromatic carbocycles. The number of carbonyl (C=O) groups is 1. The highest BCUT2D eigenvalue weighted by molar-refractivity contribution is 5.79. The van der Waals surface area contributed by atoms with Gasteiger partial charge in [-0.1, -0.05) is 0 Å². The van der Waals surface area contributed by atoms with Gasteiger partial charge in [-0.3, -0.25) is 4.79 Å². The number of rotatable bonds is 1. The molecule has 0 spiro atoms. The maximum atomic E-state index is 10.9. The average Bonchev–Trinajstić information content (AvgIpc) is 2.58. The minimum Gasteiger partial charge on any atom is -0.446 e. The molecule has 1 aromatic heterocycles. The lowest BCUT2D eigenvalue weighted by molar-refractivity contribution is -0.119. The van der Waals surface area contributed by atoms with Crippen LogP contribution in [0.25, 0.3) is 0 Å². The van der Waals surface area contributed by atoms with Gasteiger partial charge in [0.2, 0.25) is 5.91 Å². The fourth-order valence-electron chi connectivity index (χ4n) is 1.37. The molecule has 1 N–H and O–H groups in total. The van der Waals surface area contributed by atoms with Gasteiger partial charge in [-0.15, -0.1) is 0 Å². The summed E-state index contributed by atoms with van der Waals surface area (Å²) >= 11 is 0. The Morgan fingerprint density at radius 1 is 1.75 bits per heavy atom. The summed E-state index contributed by atoms with van der Waals surface area (Å²) < 4.78 is 5.31. The molecule has 0 bridgehead atoms. The van der Waals surface area contributed by atoms with Crippen molar-refractivity contribution < 1.29 is 9.21 Å². The van der Waals surface area contributed by atoms with E-state index >= 15 is 0 Å². The highest BCUT2D eigenvalue weighted by Gasteiger charge is 2.25. The van der Waals surface area contributed by atoms with Crippen molar-refractivity contribution in [3.8, 4) is 0 Å². The van der Waals surface area contributed by atoms with E-state index in [1.54, 1.807) is 13.1 Å². The molecule has 12 heavy (non-hydrogen) atoms. The zero-order valence-corrected chi connectivity index (χ0v) is 6.83. The summed E-state index contributed by atoms with van der Waals surface area (Å²) in [7, 11) is 0. The summed E-state index contributed by atoms with van der Waals surface area (Å²) in [5, 5.41) is 2.75. The third-order valence-electron chi connectivity index (χ3n) is 2.02. The second-order valence-electron chi connectivity index (χ2n) is 2.99. The first-order valence-corrected chi connectivity index (χ1v) is 3.95. The second-order valence-corrected chi connectivity index (χ2v) is 2.99. The first-order valence-electron chi connectivity index (χ1n) is 3.95. The Hall–Kier alpha value is -1.32. The summed E-state index contributed by atoms with van der Waals surface area (Å²) in [6, 6.07) is 0. The first kappa shape index (κ1) is 7.34. The van der Waals surface area contributed by atoms with E-state index in [1.807, 2.05) is 0 Å². The van der Waals surface area contributed by atoms with Crippen LogP contribution in [0, 0.1) is 6.92 Å². The Labute approximate surface area is 70.0 Å². The van der Waals surface area contributed by atoms with Gasteiger partial charge in [0, 0.05) is 25.8 Å². The Balaban J connectivity index is 2.15. The van der Waals surface area contributed by atoms with Gasteiger partial charge in [-0.2, -0.15) is 0 Å². The van der Waals surface area contributed by atoms with Crippen molar-refractivity contribution in [3.63, 3.8) is 0 Å². The number of hydrogen-bond donors (Lipinski definition) is 1. The number of nitrogens with one attached hydrogen (secondary N) is 1. The number of aryl methyl sites for hydroxylation is 1. The van der Waals surface area contributed by atoms with Crippen LogP contribution in [-0.2, 0) is 4.79 Å². The van der Waals surface area contributed by atoms with Crippen molar-refractivity contribution in [2.24, 2.45) is 0 Å². The standard InChI is InChI=1S/C8H10N2O2/c1-5-9-4-7(12-5)6-2-8(11)10-3-6/h4,6H,2-3H2,1H3,(H,10,11). The third kappa shape index (κ3) is 1.20. The number of carbonyl (C=O) groups excluding carboxylic acids is 1. The molecule has 1 atom stereocenters. The number of aromatic nitrogens is 1. The van der Waals surface area contributed by atoms with Crippen molar-refractivity contribution in [3.05, 3.63) is 17.8 Å². The Morgan fingerprint density at radius 2 is 2.58 bits per heavy atom. The smallest absolute Gasteiger partial charge is 0.220 e. The van der Waals surface area contributed by atoms with E-state index in [9.17, 15) is 4.79 Å². The van der Waals surface area contributed by atoms with Gasteiger partial charge in [0.25, 0.3) is 0 Å². The monoisotopic (exact) mass is 166 g/mol. The molecule has 1 unspecified atom stereocenters. The number of hydrogen-bond acceptors (Lipinski definition) is 3. The molecule has 0 saturated carbocycles. The molecule has 2 rings (SSSR count). The molecule has 1 aromatic rings. The van der Waals surface area contributed by atoms with Crippen LogP contribution in [-0.4, -0.2) is 17.4 Å². The molecule has 2 heterocycles. The predicted octanol–water partition coefficient (Wildman–Crippen LogP) is 0.587. The van der Waals surface area contributed by atoms with Crippen molar-refractivity contribution in [1.29, 1.82) is 0 Å². The van der Waals surface area contributed by atoms with Gasteiger partial charge in [0.1, 0.15) is 5.76 Å². The summed E-state index contributed by atoms with van der Waals surface area (Å²) in [6.07, 6.45) is 2.22. The largest absolute Gasteiger partial charge is 0.446 e. The fraction of sp³-hybridized carbons (Fsp3) is 0.500. The van der Waals surface area contributed by atoms with Crippen LogP contribution in [0.3, 0.4) is 0 Å². The van der Waals surface area contributed by atoms with Crippen LogP contribution in [0.1, 0.15) is 24.0 Å². The van der Waals surface area contributed by atoms with Gasteiger partial charge in [0.15, 0.2) is 5.89 Å². The van der Waals surface area contributed by atoms with Crippen LogP contribution in [0.5, 0.6) is 0 Å². The molecule has 0 aliphatic carbocycles. The van der Waals surface area contributed by atoms with Gasteiger partial charge < -0.3 is 9.73 Å². The molecular weight excluding hydrogens is 156 g/mol. The molecule has 4 heteroatoms. The molecule has 1 aliphatic rings. The Morgan fingerprint density at radius 3 is 3.08 bits per heavy atom. The average molecular weight is 166 g/mol. The van der Waals surface area contributed by atoms with Crippen molar-refractivity contribution in [2.45, 2.75) is 19.3 Å². The van der Waals surface area contributed by atoms with Crippen LogP contribution in [0.2, 0.25) is 0 Å². The third-order valence-corrected chi connectivity index (χ3v) is 2.02. The molecule has 64 valence electrons. The van der Waals surface area contributed by atoms with E-state index < -0.39 is 0 Å². The van der Waals surface area contributed by atoms with Crippen LogP contribution in [0.15, 0.2) is 10.6 Å². The van der Waals surface area contributed by atoms with Crippen molar-refractivity contribution >= 4 is 5.91 Å². The molecule has 1 saturated heterocycles. The second kappa shape index (κ2) is 2.62. The minimum absolute atomic E-state index is 0.0917. The van der Waals surface area contributed by atoms with E-state index in [2.05, 4.69) is 10.3 Å². The lowest BCUT2D eigenvalue weighted by atomic mass is 10.1. The van der Waals surface area contributed by atoms with Gasteiger partial charge >= 0.3 is 0 Å². The minimum atomic E-state index is 0.0917. The summed E-state index contributed by atoms with van der Waals surface area (Å²) in [6.45, 7) is 2.47. The number of amides is 1. The number of nitrogens with zero attached hydrogens (tertiary/aromatic N) is 1. The maximum Gasteiger partial charge on any atom is 0.220 e. The van der Waals surface area contributed by atoms with E-state index in [4.69, 9.17) is 4.42 Å². The molecule has 1 aliphatic heterocycles. The van der Waals surface area contributed by atoms with Crippen molar-refractivity contribution in [2.75, 3.05) is 6.54 Å². The topological polar surface area (TPSA) is 55.1 Å². The molecule has 1 fully saturated rings. The Bertz CT molecular complexity index is 306. The predicted molar refractivity (Wildman–Crippen MR) is 41.6 cm³/mol. The van der Waals surface area contributed by atoms with Gasteiger partial charge in [-0.25, -0.2) is 4.98 Å². The fourth-order valence-corrected chi connectivity index (χ4v) is 1.37. The van der Waals surface area contributed by atoms with Crippen molar-refractivity contribution in [1.82, 2.24) is 10.3 Å². The van der Waals surface area contributed by atoms with Gasteiger partial charge in [-0.05, 0) is 0 Å². The number of oxazole rings is 1. The van der Waals surface area contributed by atoms with Crippen LogP contribution >= 0.6 is 0 Å². The zero-order chi connectivity index (χ0) is 8.55. The van der Waals surface area contributed by atoms with Gasteiger partial charge in [0.05, 0.1) is 6.20 Å². The summed E-state index contributed by atoms with van der Waals surface area (Å²) in [5.74, 6) is 1.74. The molecular formula is C8H10N2O2. The maximum absolute atomic E-state index is 10.9. The highest BCUT2D eigenvalue weighted by Crippen LogP contribution is 2.22. The quantitative estimate of drug-likeness (QED) is 0.664. The molecule has 1 amide bonds.